The predicted octanol–water partition coefficient (Wildman–Crippen LogP) is 1.79. The Bertz CT molecular complexity index is 600. The number of phenols is 1. The largest absolute Gasteiger partial charge is 0.507 e. The monoisotopic (exact) mass is 236 g/mol. The van der Waals surface area contributed by atoms with Crippen molar-refractivity contribution in [2.24, 2.45) is 0 Å². The normalized spacial score (nSPS) is 10.7. The molecule has 5 nitrogen and oxygen atoms in total. The van der Waals surface area contributed by atoms with Crippen LogP contribution in [0, 0.1) is 6.92 Å². The second kappa shape index (κ2) is 4.47. The SMILES string of the molecule is COCOc1cc(O)c2c(=O)cc(C)oc2c1. The van der Waals surface area contributed by atoms with Crippen molar-refractivity contribution in [2.75, 3.05) is 13.9 Å². The smallest absolute Gasteiger partial charge is 0.196 e. The fourth-order valence-electron chi connectivity index (χ4n) is 1.57. The fourth-order valence-corrected chi connectivity index (χ4v) is 1.57. The molecule has 5 heteroatoms. The molecule has 0 aliphatic rings. The van der Waals surface area contributed by atoms with Crippen molar-refractivity contribution in [3.8, 4) is 11.5 Å². The van der Waals surface area contributed by atoms with Crippen LogP contribution < -0.4 is 10.2 Å². The summed E-state index contributed by atoms with van der Waals surface area (Å²) in [5, 5.41) is 9.90. The standard InChI is InChI=1S/C12H12O5/c1-7-3-9(13)12-10(14)4-8(16-6-15-2)5-11(12)17-7/h3-5,14H,6H2,1-2H3. The van der Waals surface area contributed by atoms with E-state index in [2.05, 4.69) is 0 Å². The molecule has 0 spiro atoms. The third-order valence-electron chi connectivity index (χ3n) is 2.25. The first-order valence-electron chi connectivity index (χ1n) is 5.01. The maximum Gasteiger partial charge on any atom is 0.196 e. The van der Waals surface area contributed by atoms with Crippen molar-refractivity contribution in [1.29, 1.82) is 0 Å². The van der Waals surface area contributed by atoms with Gasteiger partial charge in [0, 0.05) is 25.3 Å². The minimum atomic E-state index is -0.278. The zero-order chi connectivity index (χ0) is 12.4. The lowest BCUT2D eigenvalue weighted by Crippen LogP contribution is -2.02. The Labute approximate surface area is 97.2 Å². The molecule has 0 atom stereocenters. The van der Waals surface area contributed by atoms with Crippen molar-refractivity contribution < 1.29 is 19.0 Å². The van der Waals surface area contributed by atoms with Crippen LogP contribution in [0.2, 0.25) is 0 Å². The molecular formula is C12H12O5. The Morgan fingerprint density at radius 3 is 2.82 bits per heavy atom. The number of methoxy groups -OCH3 is 1. The summed E-state index contributed by atoms with van der Waals surface area (Å²) in [6.07, 6.45) is 0. The average molecular weight is 236 g/mol. The Morgan fingerprint density at radius 1 is 1.35 bits per heavy atom. The van der Waals surface area contributed by atoms with Crippen LogP contribution >= 0.6 is 0 Å². The van der Waals surface area contributed by atoms with Crippen LogP contribution in [0.5, 0.6) is 11.5 Å². The van der Waals surface area contributed by atoms with Gasteiger partial charge in [-0.3, -0.25) is 4.79 Å². The first-order valence-corrected chi connectivity index (χ1v) is 5.01. The molecule has 0 saturated carbocycles. The summed E-state index contributed by atoms with van der Waals surface area (Å²) < 4.78 is 15.3. The van der Waals surface area contributed by atoms with Crippen LogP contribution in [0.25, 0.3) is 11.0 Å². The molecule has 2 rings (SSSR count). The van der Waals surface area contributed by atoms with Crippen LogP contribution in [0.4, 0.5) is 0 Å². The Morgan fingerprint density at radius 2 is 2.12 bits per heavy atom. The number of phenolic OH excluding ortho intramolecular Hbond substituents is 1. The van der Waals surface area contributed by atoms with Gasteiger partial charge in [-0.2, -0.15) is 0 Å². The van der Waals surface area contributed by atoms with E-state index < -0.39 is 0 Å². The van der Waals surface area contributed by atoms with Crippen LogP contribution in [-0.4, -0.2) is 19.0 Å². The first kappa shape index (κ1) is 11.5. The Kier molecular flexibility index (Phi) is 3.01. The molecule has 1 N–H and O–H groups in total. The zero-order valence-corrected chi connectivity index (χ0v) is 9.52. The molecule has 1 heterocycles. The van der Waals surface area contributed by atoms with E-state index >= 15 is 0 Å². The second-order valence-corrected chi connectivity index (χ2v) is 3.59. The average Bonchev–Trinajstić information content (AvgIpc) is 2.24. The van der Waals surface area contributed by atoms with Gasteiger partial charge in [0.05, 0.1) is 0 Å². The molecule has 1 aromatic heterocycles. The van der Waals surface area contributed by atoms with Crippen LogP contribution in [0.3, 0.4) is 0 Å². The highest BCUT2D eigenvalue weighted by atomic mass is 16.7. The lowest BCUT2D eigenvalue weighted by Gasteiger charge is -2.07. The van der Waals surface area contributed by atoms with Gasteiger partial charge < -0.3 is 19.0 Å². The summed E-state index contributed by atoms with van der Waals surface area (Å²) in [4.78, 5) is 11.7. The molecule has 17 heavy (non-hydrogen) atoms. The summed E-state index contributed by atoms with van der Waals surface area (Å²) in [5.74, 6) is 0.693. The number of aryl methyl sites for hydroxylation is 1. The highest BCUT2D eigenvalue weighted by Crippen LogP contribution is 2.28. The highest BCUT2D eigenvalue weighted by molar-refractivity contribution is 5.84. The van der Waals surface area contributed by atoms with Crippen molar-refractivity contribution in [3.05, 3.63) is 34.2 Å². The Balaban J connectivity index is 2.60. The van der Waals surface area contributed by atoms with Gasteiger partial charge in [-0.1, -0.05) is 0 Å². The van der Waals surface area contributed by atoms with Gasteiger partial charge in [-0.15, -0.1) is 0 Å². The topological polar surface area (TPSA) is 68.9 Å². The van der Waals surface area contributed by atoms with E-state index in [1.165, 1.54) is 19.2 Å². The molecule has 0 aliphatic heterocycles. The second-order valence-electron chi connectivity index (χ2n) is 3.59. The number of ether oxygens (including phenoxy) is 2. The number of aromatic hydroxyl groups is 1. The Hall–Kier alpha value is -2.01. The molecule has 0 radical (unpaired) electrons. The number of hydrogen-bond donors (Lipinski definition) is 1. The fraction of sp³-hybridized carbons (Fsp3) is 0.250. The molecule has 0 fully saturated rings. The van der Waals surface area contributed by atoms with Crippen LogP contribution in [0.15, 0.2) is 27.4 Å². The van der Waals surface area contributed by atoms with Crippen LogP contribution in [0.1, 0.15) is 5.76 Å². The lowest BCUT2D eigenvalue weighted by atomic mass is 10.2. The molecule has 1 aromatic carbocycles. The van der Waals surface area contributed by atoms with E-state index in [-0.39, 0.29) is 23.4 Å². The van der Waals surface area contributed by atoms with E-state index in [0.29, 0.717) is 17.1 Å². The number of hydrogen-bond acceptors (Lipinski definition) is 5. The molecule has 0 bridgehead atoms. The summed E-state index contributed by atoms with van der Waals surface area (Å²) in [6.45, 7) is 1.72. The third kappa shape index (κ3) is 2.24. The summed E-state index contributed by atoms with van der Waals surface area (Å²) in [5.41, 5.74) is 0.0145. The van der Waals surface area contributed by atoms with E-state index in [1.54, 1.807) is 13.0 Å². The maximum absolute atomic E-state index is 11.7. The van der Waals surface area contributed by atoms with Gasteiger partial charge in [0.25, 0.3) is 0 Å². The molecule has 0 amide bonds. The molecule has 0 aliphatic carbocycles. The van der Waals surface area contributed by atoms with Crippen molar-refractivity contribution >= 4 is 11.0 Å². The number of fused-ring (bicyclic) bond motifs is 1. The molecule has 0 saturated heterocycles. The first-order chi connectivity index (χ1) is 8.11. The van der Waals surface area contributed by atoms with Gasteiger partial charge >= 0.3 is 0 Å². The van der Waals surface area contributed by atoms with E-state index in [0.717, 1.165) is 0 Å². The minimum absolute atomic E-state index is 0.0565. The summed E-state index contributed by atoms with van der Waals surface area (Å²) >= 11 is 0. The van der Waals surface area contributed by atoms with Gasteiger partial charge in [-0.05, 0) is 6.92 Å². The summed E-state index contributed by atoms with van der Waals surface area (Å²) in [6, 6.07) is 4.23. The minimum Gasteiger partial charge on any atom is -0.507 e. The quantitative estimate of drug-likeness (QED) is 0.823. The third-order valence-corrected chi connectivity index (χ3v) is 2.25. The van der Waals surface area contributed by atoms with Crippen LogP contribution in [-0.2, 0) is 4.74 Å². The van der Waals surface area contributed by atoms with E-state index in [9.17, 15) is 9.90 Å². The van der Waals surface area contributed by atoms with Crippen molar-refractivity contribution in [1.82, 2.24) is 0 Å². The van der Waals surface area contributed by atoms with Gasteiger partial charge in [0.2, 0.25) is 0 Å². The molecule has 90 valence electrons. The van der Waals surface area contributed by atoms with E-state index in [4.69, 9.17) is 13.9 Å². The molecule has 2 aromatic rings. The predicted molar refractivity (Wildman–Crippen MR) is 61.4 cm³/mol. The maximum atomic E-state index is 11.7. The zero-order valence-electron chi connectivity index (χ0n) is 9.52. The van der Waals surface area contributed by atoms with Gasteiger partial charge in [0.15, 0.2) is 12.2 Å². The van der Waals surface area contributed by atoms with E-state index in [1.807, 2.05) is 0 Å². The molecular weight excluding hydrogens is 224 g/mol. The summed E-state index contributed by atoms with van der Waals surface area (Å²) in [7, 11) is 1.49. The van der Waals surface area contributed by atoms with Gasteiger partial charge in [-0.25, -0.2) is 0 Å². The van der Waals surface area contributed by atoms with Gasteiger partial charge in [0.1, 0.15) is 28.2 Å². The lowest BCUT2D eigenvalue weighted by molar-refractivity contribution is 0.0510. The molecule has 0 unspecified atom stereocenters. The van der Waals surface area contributed by atoms with Crippen molar-refractivity contribution in [3.63, 3.8) is 0 Å². The van der Waals surface area contributed by atoms with Crippen molar-refractivity contribution in [2.45, 2.75) is 6.92 Å². The number of rotatable bonds is 3. The highest BCUT2D eigenvalue weighted by Gasteiger charge is 2.10. The number of benzene rings is 1.